The van der Waals surface area contributed by atoms with Gasteiger partial charge in [-0.2, -0.15) is 0 Å². The van der Waals surface area contributed by atoms with E-state index in [0.29, 0.717) is 6.10 Å². The first-order chi connectivity index (χ1) is 4.70. The number of rotatable bonds is 1. The molecule has 0 radical (unpaired) electrons. The summed E-state index contributed by atoms with van der Waals surface area (Å²) in [5.74, 6) is 0. The third-order valence-corrected chi connectivity index (χ3v) is 2.92. The first kappa shape index (κ1) is 8.41. The number of nitrogens with zero attached hydrogens (tertiary/aromatic N) is 1. The van der Waals surface area contributed by atoms with Gasteiger partial charge in [-0.15, -0.1) is 0 Å². The van der Waals surface area contributed by atoms with Gasteiger partial charge < -0.3 is 9.05 Å². The normalized spacial score (nSPS) is 34.8. The van der Waals surface area contributed by atoms with Gasteiger partial charge >= 0.3 is 0 Å². The minimum Gasteiger partial charge on any atom is -0.322 e. The molecule has 1 saturated heterocycles. The molecule has 1 heterocycles. The summed E-state index contributed by atoms with van der Waals surface area (Å²) in [6, 6.07) is 0. The number of hydrogen-bond acceptors (Lipinski definition) is 3. The SMILES string of the molecule is C[C@@H]1CCO[P@](N(C)C)O1. The molecule has 60 valence electrons. The summed E-state index contributed by atoms with van der Waals surface area (Å²) in [6.45, 7) is 2.92. The maximum Gasteiger partial charge on any atom is 0.258 e. The van der Waals surface area contributed by atoms with Crippen molar-refractivity contribution in [2.24, 2.45) is 0 Å². The summed E-state index contributed by atoms with van der Waals surface area (Å²) in [6.07, 6.45) is 1.38. The standard InChI is InChI=1S/C6H14NO2P/c1-6-4-5-8-10(9-6)7(2)3/h6H,4-5H2,1-3H3/t6-,10+/m1/s1. The van der Waals surface area contributed by atoms with Gasteiger partial charge in [0.15, 0.2) is 0 Å². The Hall–Kier alpha value is 0.310. The Bertz CT molecular complexity index is 110. The lowest BCUT2D eigenvalue weighted by molar-refractivity contribution is 0.103. The molecule has 0 bridgehead atoms. The smallest absolute Gasteiger partial charge is 0.258 e. The van der Waals surface area contributed by atoms with Gasteiger partial charge in [0, 0.05) is 0 Å². The highest BCUT2D eigenvalue weighted by molar-refractivity contribution is 7.44. The molecule has 0 N–H and O–H groups in total. The summed E-state index contributed by atoms with van der Waals surface area (Å²) >= 11 is 0. The van der Waals surface area contributed by atoms with Crippen LogP contribution in [0.1, 0.15) is 13.3 Å². The highest BCUT2D eigenvalue weighted by Crippen LogP contribution is 2.44. The molecule has 0 aromatic rings. The van der Waals surface area contributed by atoms with E-state index in [-0.39, 0.29) is 0 Å². The van der Waals surface area contributed by atoms with Crippen LogP contribution in [0.2, 0.25) is 0 Å². The maximum atomic E-state index is 5.52. The van der Waals surface area contributed by atoms with Crippen LogP contribution in [0.5, 0.6) is 0 Å². The average molecular weight is 163 g/mol. The fourth-order valence-corrected chi connectivity index (χ4v) is 1.90. The molecule has 0 unspecified atom stereocenters. The molecule has 10 heavy (non-hydrogen) atoms. The van der Waals surface area contributed by atoms with Crippen LogP contribution in [0.15, 0.2) is 0 Å². The quantitative estimate of drug-likeness (QED) is 0.548. The molecule has 4 heteroatoms. The predicted molar refractivity (Wildman–Crippen MR) is 41.7 cm³/mol. The second-order valence-electron chi connectivity index (χ2n) is 2.62. The van der Waals surface area contributed by atoms with Gasteiger partial charge in [-0.3, -0.25) is 0 Å². The molecule has 0 aromatic heterocycles. The summed E-state index contributed by atoms with van der Waals surface area (Å²) in [5, 5.41) is 0. The Labute approximate surface area is 63.3 Å². The Balaban J connectivity index is 2.32. The van der Waals surface area contributed by atoms with Gasteiger partial charge in [0.25, 0.3) is 8.53 Å². The molecule has 0 aromatic carbocycles. The third-order valence-electron chi connectivity index (χ3n) is 1.32. The van der Waals surface area contributed by atoms with Crippen molar-refractivity contribution in [2.45, 2.75) is 19.4 Å². The fraction of sp³-hybridized carbons (Fsp3) is 1.00. The second kappa shape index (κ2) is 3.63. The van der Waals surface area contributed by atoms with E-state index < -0.39 is 8.53 Å². The van der Waals surface area contributed by atoms with Crippen molar-refractivity contribution in [2.75, 3.05) is 20.7 Å². The summed E-state index contributed by atoms with van der Waals surface area (Å²) in [5.41, 5.74) is 0. The minimum atomic E-state index is -0.737. The van der Waals surface area contributed by atoms with Gasteiger partial charge in [0.2, 0.25) is 0 Å². The van der Waals surface area contributed by atoms with E-state index in [2.05, 4.69) is 6.92 Å². The molecule has 1 rings (SSSR count). The van der Waals surface area contributed by atoms with E-state index in [1.54, 1.807) is 0 Å². The molecule has 0 spiro atoms. The van der Waals surface area contributed by atoms with Crippen molar-refractivity contribution in [1.82, 2.24) is 4.67 Å². The zero-order valence-corrected chi connectivity index (χ0v) is 7.60. The van der Waals surface area contributed by atoms with Crippen LogP contribution < -0.4 is 0 Å². The zero-order chi connectivity index (χ0) is 7.56. The van der Waals surface area contributed by atoms with Crippen molar-refractivity contribution in [1.29, 1.82) is 0 Å². The van der Waals surface area contributed by atoms with E-state index in [1.165, 1.54) is 0 Å². The van der Waals surface area contributed by atoms with Crippen LogP contribution >= 0.6 is 8.53 Å². The van der Waals surface area contributed by atoms with Gasteiger partial charge in [-0.05, 0) is 27.4 Å². The van der Waals surface area contributed by atoms with Crippen LogP contribution in [0.4, 0.5) is 0 Å². The average Bonchev–Trinajstić information content (AvgIpc) is 1.88. The van der Waals surface area contributed by atoms with E-state index in [4.69, 9.17) is 9.05 Å². The van der Waals surface area contributed by atoms with Crippen LogP contribution in [0.25, 0.3) is 0 Å². The molecule has 1 aliphatic rings. The Kier molecular flexibility index (Phi) is 3.05. The van der Waals surface area contributed by atoms with Crippen molar-refractivity contribution >= 4 is 8.53 Å². The third kappa shape index (κ3) is 2.17. The van der Waals surface area contributed by atoms with E-state index in [9.17, 15) is 0 Å². The van der Waals surface area contributed by atoms with Crippen molar-refractivity contribution in [3.8, 4) is 0 Å². The van der Waals surface area contributed by atoms with Crippen molar-refractivity contribution < 1.29 is 9.05 Å². The molecule has 2 atom stereocenters. The van der Waals surface area contributed by atoms with Crippen LogP contribution in [0.3, 0.4) is 0 Å². The topological polar surface area (TPSA) is 21.7 Å². The molecule has 3 nitrogen and oxygen atoms in total. The highest BCUT2D eigenvalue weighted by Gasteiger charge is 2.22. The Morgan fingerprint density at radius 3 is 2.60 bits per heavy atom. The lowest BCUT2D eigenvalue weighted by Gasteiger charge is -2.30. The summed E-state index contributed by atoms with van der Waals surface area (Å²) in [4.78, 5) is 0. The molecule has 0 amide bonds. The molecule has 0 saturated carbocycles. The second-order valence-corrected chi connectivity index (χ2v) is 4.37. The maximum absolute atomic E-state index is 5.52. The first-order valence-corrected chi connectivity index (χ1v) is 4.60. The highest BCUT2D eigenvalue weighted by atomic mass is 31.2. The van der Waals surface area contributed by atoms with Crippen molar-refractivity contribution in [3.05, 3.63) is 0 Å². The molecule has 1 fully saturated rings. The van der Waals surface area contributed by atoms with Crippen LogP contribution in [-0.2, 0) is 9.05 Å². The lowest BCUT2D eigenvalue weighted by atomic mass is 10.3. The van der Waals surface area contributed by atoms with Gasteiger partial charge in [0.1, 0.15) is 0 Å². The Morgan fingerprint density at radius 1 is 1.50 bits per heavy atom. The van der Waals surface area contributed by atoms with Crippen molar-refractivity contribution in [3.63, 3.8) is 0 Å². The molecular weight excluding hydrogens is 149 g/mol. The van der Waals surface area contributed by atoms with E-state index in [1.807, 2.05) is 18.8 Å². The van der Waals surface area contributed by atoms with Gasteiger partial charge in [0.05, 0.1) is 12.7 Å². The predicted octanol–water partition coefficient (Wildman–Crippen LogP) is 1.60. The lowest BCUT2D eigenvalue weighted by Crippen LogP contribution is -2.20. The minimum absolute atomic E-state index is 0.363. The van der Waals surface area contributed by atoms with Crippen LogP contribution in [0, 0.1) is 0 Å². The van der Waals surface area contributed by atoms with Gasteiger partial charge in [-0.25, -0.2) is 4.67 Å². The molecular formula is C6H14NO2P. The zero-order valence-electron chi connectivity index (χ0n) is 6.70. The largest absolute Gasteiger partial charge is 0.322 e. The molecule has 0 aliphatic carbocycles. The fourth-order valence-electron chi connectivity index (χ4n) is 0.744. The number of hydrogen-bond donors (Lipinski definition) is 0. The first-order valence-electron chi connectivity index (χ1n) is 3.47. The monoisotopic (exact) mass is 163 g/mol. The van der Waals surface area contributed by atoms with E-state index >= 15 is 0 Å². The summed E-state index contributed by atoms with van der Waals surface area (Å²) in [7, 11) is 3.22. The van der Waals surface area contributed by atoms with Gasteiger partial charge in [-0.1, -0.05) is 0 Å². The Morgan fingerprint density at radius 2 is 2.20 bits per heavy atom. The van der Waals surface area contributed by atoms with E-state index in [0.717, 1.165) is 13.0 Å². The van der Waals surface area contributed by atoms with Crippen LogP contribution in [-0.4, -0.2) is 31.5 Å². The molecule has 1 aliphatic heterocycles. The summed E-state index contributed by atoms with van der Waals surface area (Å²) < 4.78 is 12.9.